The molecule has 6 aromatic rings. The Kier molecular flexibility index (Phi) is 11.8. The molecule has 0 atom stereocenters. The van der Waals surface area contributed by atoms with Gasteiger partial charge in [0.15, 0.2) is 5.82 Å². The third-order valence-electron chi connectivity index (χ3n) is 10.6. The van der Waals surface area contributed by atoms with E-state index in [4.69, 9.17) is 4.99 Å². The number of nitrogens with zero attached hydrogens (tertiary/aromatic N) is 6. The standard InChI is InChI=1S/C26H21BN4O2.C18H23BrN2O/c32-27(33)24-19-11-10-18-23(24)25-28-29-30-31(25)26(20-12-4-1-5-13-20,21-14-6-2-7-15-21)22-16-8-3-9-17-22;1-2-3-6-16-20-18(11-4-5-12-18)17(22)21(16)13-14-7-9-15(19)10-8-14/h1-19,32-33H;7-10H,2-6,11-13H2,1H3. The predicted molar refractivity (Wildman–Crippen MR) is 221 cm³/mol. The summed E-state index contributed by atoms with van der Waals surface area (Å²) in [7, 11) is -1.66. The molecule has 9 nitrogen and oxygen atoms in total. The number of carbonyl (C=O) groups is 1. The number of amides is 1. The SMILES string of the molecule is CCCCC1=NC2(CCCC2)C(=O)N1Cc1ccc(Br)cc1.OB(O)c1ccccc1-c1nnnn1C(c1ccccc1)(c1ccccc1)c1ccccc1. The van der Waals surface area contributed by atoms with Crippen LogP contribution < -0.4 is 5.46 Å². The van der Waals surface area contributed by atoms with E-state index in [1.165, 1.54) is 0 Å². The highest BCUT2D eigenvalue weighted by atomic mass is 79.9. The number of rotatable bonds is 11. The van der Waals surface area contributed by atoms with Crippen LogP contribution in [0.25, 0.3) is 11.4 Å². The molecular weight excluding hydrogens is 751 g/mol. The second-order valence-corrected chi connectivity index (χ2v) is 15.0. The molecule has 0 radical (unpaired) electrons. The molecule has 5 aromatic carbocycles. The van der Waals surface area contributed by atoms with Crippen molar-refractivity contribution in [2.75, 3.05) is 0 Å². The van der Waals surface area contributed by atoms with E-state index in [-0.39, 0.29) is 5.91 Å². The Labute approximate surface area is 331 Å². The molecule has 0 saturated heterocycles. The van der Waals surface area contributed by atoms with Gasteiger partial charge in [0.1, 0.15) is 16.9 Å². The van der Waals surface area contributed by atoms with E-state index < -0.39 is 18.2 Å². The summed E-state index contributed by atoms with van der Waals surface area (Å²) in [5, 5.41) is 32.9. The van der Waals surface area contributed by atoms with E-state index in [1.54, 1.807) is 22.9 Å². The Bertz CT molecular complexity index is 2110. The minimum Gasteiger partial charge on any atom is -0.423 e. The fourth-order valence-corrected chi connectivity index (χ4v) is 8.15. The third kappa shape index (κ3) is 7.69. The lowest BCUT2D eigenvalue weighted by atomic mass is 9.75. The number of aromatic nitrogens is 4. The van der Waals surface area contributed by atoms with E-state index in [0.29, 0.717) is 23.4 Å². The van der Waals surface area contributed by atoms with Crippen molar-refractivity contribution >= 4 is 40.3 Å². The van der Waals surface area contributed by atoms with Crippen LogP contribution in [0.2, 0.25) is 0 Å². The summed E-state index contributed by atoms with van der Waals surface area (Å²) in [4.78, 5) is 19.8. The zero-order valence-electron chi connectivity index (χ0n) is 30.9. The predicted octanol–water partition coefficient (Wildman–Crippen LogP) is 7.55. The van der Waals surface area contributed by atoms with Gasteiger partial charge in [-0.25, -0.2) is 4.68 Å². The van der Waals surface area contributed by atoms with Crippen molar-refractivity contribution < 1.29 is 14.8 Å². The van der Waals surface area contributed by atoms with E-state index in [2.05, 4.69) is 86.9 Å². The summed E-state index contributed by atoms with van der Waals surface area (Å²) < 4.78 is 2.84. The van der Waals surface area contributed by atoms with Crippen LogP contribution in [0.1, 0.15) is 74.1 Å². The Morgan fingerprint density at radius 2 is 1.31 bits per heavy atom. The smallest absolute Gasteiger partial charge is 0.423 e. The maximum atomic E-state index is 13.0. The van der Waals surface area contributed by atoms with Crippen LogP contribution in [0, 0.1) is 0 Å². The number of carbonyl (C=O) groups excluding carboxylic acids is 1. The zero-order chi connectivity index (χ0) is 38.3. The molecule has 2 heterocycles. The van der Waals surface area contributed by atoms with Crippen LogP contribution in [0.5, 0.6) is 0 Å². The fourth-order valence-electron chi connectivity index (χ4n) is 7.88. The summed E-state index contributed by atoms with van der Waals surface area (Å²) in [6, 6.07) is 45.5. The molecule has 1 amide bonds. The monoisotopic (exact) mass is 794 g/mol. The Hall–Kier alpha value is -5.23. The highest BCUT2D eigenvalue weighted by Crippen LogP contribution is 2.42. The maximum absolute atomic E-state index is 13.0. The number of hydrogen-bond acceptors (Lipinski definition) is 7. The lowest BCUT2D eigenvalue weighted by molar-refractivity contribution is -0.131. The van der Waals surface area contributed by atoms with Crippen LogP contribution >= 0.6 is 15.9 Å². The Morgan fingerprint density at radius 1 is 0.764 bits per heavy atom. The quantitative estimate of drug-likeness (QED) is 0.103. The first kappa shape index (κ1) is 38.1. The van der Waals surface area contributed by atoms with Gasteiger partial charge in [0.05, 0.1) is 6.54 Å². The van der Waals surface area contributed by atoms with Gasteiger partial charge in [-0.2, -0.15) is 0 Å². The minimum absolute atomic E-state index is 0.235. The molecule has 1 aromatic heterocycles. The van der Waals surface area contributed by atoms with Gasteiger partial charge in [-0.3, -0.25) is 14.7 Å². The summed E-state index contributed by atoms with van der Waals surface area (Å²) in [6.45, 7) is 2.83. The van der Waals surface area contributed by atoms with E-state index >= 15 is 0 Å². The van der Waals surface area contributed by atoms with Gasteiger partial charge in [-0.15, -0.1) is 5.10 Å². The molecule has 0 bridgehead atoms. The van der Waals surface area contributed by atoms with Crippen molar-refractivity contribution in [3.8, 4) is 11.4 Å². The molecular formula is C44H44BBrN6O3. The minimum atomic E-state index is -1.66. The Morgan fingerprint density at radius 3 is 1.85 bits per heavy atom. The van der Waals surface area contributed by atoms with Gasteiger partial charge in [-0.1, -0.05) is 170 Å². The van der Waals surface area contributed by atoms with Crippen molar-refractivity contribution in [2.45, 2.75) is 69.5 Å². The molecule has 1 fully saturated rings. The first-order valence-electron chi connectivity index (χ1n) is 18.9. The summed E-state index contributed by atoms with van der Waals surface area (Å²) in [5.41, 5.74) is 3.63. The normalized spacial score (nSPS) is 14.8. The molecule has 1 spiro atoms. The number of unbranched alkanes of at least 4 members (excludes halogenated alkanes) is 1. The second kappa shape index (κ2) is 17.1. The van der Waals surface area contributed by atoms with Crippen molar-refractivity contribution in [2.24, 2.45) is 4.99 Å². The van der Waals surface area contributed by atoms with Crippen molar-refractivity contribution in [1.82, 2.24) is 25.1 Å². The van der Waals surface area contributed by atoms with Gasteiger partial charge in [0, 0.05) is 16.5 Å². The summed E-state index contributed by atoms with van der Waals surface area (Å²) >= 11 is 3.46. The number of aliphatic imine (C=N–C) groups is 1. The molecule has 11 heteroatoms. The third-order valence-corrected chi connectivity index (χ3v) is 11.1. The molecule has 0 unspecified atom stereocenters. The summed E-state index contributed by atoms with van der Waals surface area (Å²) in [6.07, 6.45) is 7.26. The molecule has 8 rings (SSSR count). The van der Waals surface area contributed by atoms with Gasteiger partial charge >= 0.3 is 7.12 Å². The van der Waals surface area contributed by atoms with E-state index in [0.717, 1.165) is 77.5 Å². The molecule has 1 aliphatic carbocycles. The number of tetrazole rings is 1. The van der Waals surface area contributed by atoms with Gasteiger partial charge < -0.3 is 10.0 Å². The molecule has 2 aliphatic rings. The van der Waals surface area contributed by atoms with Crippen molar-refractivity contribution in [3.05, 3.63) is 166 Å². The highest BCUT2D eigenvalue weighted by Gasteiger charge is 2.49. The highest BCUT2D eigenvalue weighted by molar-refractivity contribution is 9.10. The fraction of sp³-hybridized carbons (Fsp3) is 0.250. The number of hydrogen-bond donors (Lipinski definition) is 2. The van der Waals surface area contributed by atoms with Crippen LogP contribution in [-0.4, -0.2) is 59.6 Å². The first-order chi connectivity index (χ1) is 26.9. The topological polar surface area (TPSA) is 117 Å². The molecule has 2 N–H and O–H groups in total. The average molecular weight is 796 g/mol. The number of benzene rings is 5. The van der Waals surface area contributed by atoms with Crippen LogP contribution in [0.4, 0.5) is 0 Å². The van der Waals surface area contributed by atoms with Gasteiger partial charge in [0.2, 0.25) is 0 Å². The molecule has 55 heavy (non-hydrogen) atoms. The maximum Gasteiger partial charge on any atom is 0.489 e. The molecule has 1 saturated carbocycles. The van der Waals surface area contributed by atoms with Crippen molar-refractivity contribution in [1.29, 1.82) is 0 Å². The van der Waals surface area contributed by atoms with Crippen LogP contribution in [-0.2, 0) is 16.9 Å². The Balaban J connectivity index is 0.000000184. The van der Waals surface area contributed by atoms with Crippen LogP contribution in [0.3, 0.4) is 0 Å². The average Bonchev–Trinajstić information content (AvgIpc) is 3.97. The largest absolute Gasteiger partial charge is 0.489 e. The first-order valence-corrected chi connectivity index (χ1v) is 19.7. The lowest BCUT2D eigenvalue weighted by Gasteiger charge is -2.36. The second-order valence-electron chi connectivity index (χ2n) is 14.1. The number of amidine groups is 1. The van der Waals surface area contributed by atoms with Gasteiger partial charge in [0.25, 0.3) is 5.91 Å². The van der Waals surface area contributed by atoms with Crippen molar-refractivity contribution in [3.63, 3.8) is 0 Å². The lowest BCUT2D eigenvalue weighted by Crippen LogP contribution is -2.40. The van der Waals surface area contributed by atoms with E-state index in [9.17, 15) is 14.8 Å². The molecule has 278 valence electrons. The van der Waals surface area contributed by atoms with Gasteiger partial charge in [-0.05, 0) is 69.5 Å². The zero-order valence-corrected chi connectivity index (χ0v) is 32.5. The van der Waals surface area contributed by atoms with E-state index in [1.807, 2.05) is 77.7 Å². The molecule has 1 aliphatic heterocycles. The summed E-state index contributed by atoms with van der Waals surface area (Å²) in [5.74, 6) is 1.67. The number of halogens is 1. The van der Waals surface area contributed by atoms with Crippen LogP contribution in [0.15, 0.2) is 149 Å².